The summed E-state index contributed by atoms with van der Waals surface area (Å²) in [7, 11) is 1.55. The number of methoxy groups -OCH3 is 1. The van der Waals surface area contributed by atoms with Crippen molar-refractivity contribution in [1.29, 1.82) is 0 Å². The maximum atomic E-state index is 6.09. The van der Waals surface area contributed by atoms with E-state index in [9.17, 15) is 0 Å². The number of aryl methyl sites for hydroxylation is 1. The summed E-state index contributed by atoms with van der Waals surface area (Å²) in [5.41, 5.74) is 1.36. The fraction of sp³-hybridized carbons (Fsp3) is 0.200. The lowest BCUT2D eigenvalue weighted by atomic mass is 10.2. The molecule has 2 rings (SSSR count). The summed E-state index contributed by atoms with van der Waals surface area (Å²) in [6.07, 6.45) is 0. The molecule has 2 aromatic rings. The molecule has 0 atom stereocenters. The van der Waals surface area contributed by atoms with Gasteiger partial charge in [0.2, 0.25) is 0 Å². The highest BCUT2D eigenvalue weighted by Crippen LogP contribution is 2.32. The van der Waals surface area contributed by atoms with E-state index in [1.807, 2.05) is 0 Å². The number of halogens is 3. The Hall–Kier alpha value is -0.770. The number of nitrogens with zero attached hydrogens (tertiary/aromatic N) is 2. The standard InChI is InChI=1S/C10H8Cl2N2O.ClH/c1-5-10(12)6-3-7(11)9(15-2)4-8(6)14-13-5;/h3-4H,1-2H3;1H. The van der Waals surface area contributed by atoms with Crippen LogP contribution in [0.25, 0.3) is 10.9 Å². The molecular formula is C10H9Cl3N2O. The van der Waals surface area contributed by atoms with Gasteiger partial charge in [0, 0.05) is 11.5 Å². The molecule has 0 aliphatic carbocycles. The number of ether oxygens (including phenoxy) is 1. The lowest BCUT2D eigenvalue weighted by Gasteiger charge is -2.06. The number of benzene rings is 1. The second-order valence-corrected chi connectivity index (χ2v) is 3.89. The van der Waals surface area contributed by atoms with Crippen molar-refractivity contribution in [2.45, 2.75) is 6.92 Å². The fourth-order valence-corrected chi connectivity index (χ4v) is 1.76. The summed E-state index contributed by atoms with van der Waals surface area (Å²) in [6.45, 7) is 1.80. The van der Waals surface area contributed by atoms with E-state index in [0.717, 1.165) is 5.39 Å². The molecule has 1 heterocycles. The molecule has 0 saturated heterocycles. The SMILES string of the molecule is COc1cc2nnc(C)c(Cl)c2cc1Cl.Cl. The van der Waals surface area contributed by atoms with Crippen molar-refractivity contribution in [1.82, 2.24) is 10.2 Å². The summed E-state index contributed by atoms with van der Waals surface area (Å²) in [5.74, 6) is 0.568. The zero-order valence-electron chi connectivity index (χ0n) is 8.62. The predicted octanol–water partition coefficient (Wildman–Crippen LogP) is 3.68. The molecule has 0 spiro atoms. The third kappa shape index (κ3) is 2.17. The van der Waals surface area contributed by atoms with Gasteiger partial charge in [-0.25, -0.2) is 0 Å². The van der Waals surface area contributed by atoms with Crippen LogP contribution in [0.1, 0.15) is 5.69 Å². The maximum Gasteiger partial charge on any atom is 0.139 e. The molecule has 0 aliphatic rings. The van der Waals surface area contributed by atoms with Crippen LogP contribution in [0.5, 0.6) is 5.75 Å². The van der Waals surface area contributed by atoms with Crippen LogP contribution in [0.15, 0.2) is 12.1 Å². The van der Waals surface area contributed by atoms with Gasteiger partial charge in [-0.05, 0) is 13.0 Å². The minimum atomic E-state index is 0. The first kappa shape index (κ1) is 13.3. The van der Waals surface area contributed by atoms with Crippen molar-refractivity contribution in [2.75, 3.05) is 7.11 Å². The highest BCUT2D eigenvalue weighted by molar-refractivity contribution is 6.37. The molecule has 0 radical (unpaired) electrons. The molecule has 0 unspecified atom stereocenters. The van der Waals surface area contributed by atoms with Crippen LogP contribution in [0.4, 0.5) is 0 Å². The molecule has 0 saturated carbocycles. The van der Waals surface area contributed by atoms with Gasteiger partial charge >= 0.3 is 0 Å². The second-order valence-electron chi connectivity index (χ2n) is 3.10. The van der Waals surface area contributed by atoms with Crippen LogP contribution in [-0.2, 0) is 0 Å². The molecule has 0 N–H and O–H groups in total. The number of fused-ring (bicyclic) bond motifs is 1. The predicted molar refractivity (Wildman–Crippen MR) is 68.1 cm³/mol. The van der Waals surface area contributed by atoms with E-state index in [1.165, 1.54) is 0 Å². The zero-order chi connectivity index (χ0) is 11.0. The minimum Gasteiger partial charge on any atom is -0.495 e. The zero-order valence-corrected chi connectivity index (χ0v) is 10.9. The molecular weight excluding hydrogens is 270 g/mol. The first-order valence-corrected chi connectivity index (χ1v) is 5.05. The summed E-state index contributed by atoms with van der Waals surface area (Å²) >= 11 is 12.1. The van der Waals surface area contributed by atoms with E-state index in [2.05, 4.69) is 10.2 Å². The summed E-state index contributed by atoms with van der Waals surface area (Å²) in [6, 6.07) is 3.45. The van der Waals surface area contributed by atoms with Crippen molar-refractivity contribution in [3.05, 3.63) is 27.9 Å². The molecule has 6 heteroatoms. The maximum absolute atomic E-state index is 6.09. The first-order chi connectivity index (χ1) is 7.13. The average Bonchev–Trinajstić information content (AvgIpc) is 2.24. The third-order valence-electron chi connectivity index (χ3n) is 2.13. The Morgan fingerprint density at radius 2 is 1.88 bits per heavy atom. The lowest BCUT2D eigenvalue weighted by Crippen LogP contribution is -1.92. The van der Waals surface area contributed by atoms with E-state index in [0.29, 0.717) is 27.0 Å². The number of hydrogen-bond donors (Lipinski definition) is 0. The monoisotopic (exact) mass is 278 g/mol. The van der Waals surface area contributed by atoms with Crippen molar-refractivity contribution in [3.8, 4) is 5.75 Å². The third-order valence-corrected chi connectivity index (χ3v) is 2.90. The van der Waals surface area contributed by atoms with Gasteiger partial charge in [-0.15, -0.1) is 12.4 Å². The van der Waals surface area contributed by atoms with E-state index in [1.54, 1.807) is 26.2 Å². The Balaban J connectivity index is 0.00000128. The fourth-order valence-electron chi connectivity index (χ4n) is 1.33. The van der Waals surface area contributed by atoms with Crippen molar-refractivity contribution in [3.63, 3.8) is 0 Å². The summed E-state index contributed by atoms with van der Waals surface area (Å²) in [5, 5.41) is 9.82. The van der Waals surface area contributed by atoms with Crippen LogP contribution < -0.4 is 4.74 Å². The average molecular weight is 280 g/mol. The van der Waals surface area contributed by atoms with Gasteiger partial charge in [0.25, 0.3) is 0 Å². The highest BCUT2D eigenvalue weighted by atomic mass is 35.5. The normalized spacial score (nSPS) is 10.0. The topological polar surface area (TPSA) is 35.0 Å². The molecule has 1 aromatic carbocycles. The molecule has 0 aliphatic heterocycles. The number of rotatable bonds is 1. The Bertz CT molecular complexity index is 531. The molecule has 1 aromatic heterocycles. The number of hydrogen-bond acceptors (Lipinski definition) is 3. The van der Waals surface area contributed by atoms with Crippen LogP contribution in [-0.4, -0.2) is 17.3 Å². The van der Waals surface area contributed by atoms with Crippen molar-refractivity contribution >= 4 is 46.5 Å². The molecule has 86 valence electrons. The Labute approximate surface area is 109 Å². The van der Waals surface area contributed by atoms with Gasteiger partial charge in [0.1, 0.15) is 5.75 Å². The summed E-state index contributed by atoms with van der Waals surface area (Å²) < 4.78 is 5.08. The molecule has 0 bridgehead atoms. The molecule has 0 fully saturated rings. The van der Waals surface area contributed by atoms with Gasteiger partial charge in [0.05, 0.1) is 28.4 Å². The second kappa shape index (κ2) is 5.04. The van der Waals surface area contributed by atoms with E-state index in [-0.39, 0.29) is 12.4 Å². The smallest absolute Gasteiger partial charge is 0.139 e. The Kier molecular flexibility index (Phi) is 4.19. The van der Waals surface area contributed by atoms with Gasteiger partial charge in [0.15, 0.2) is 0 Å². The quantitative estimate of drug-likeness (QED) is 0.799. The molecule has 0 amide bonds. The van der Waals surface area contributed by atoms with Gasteiger partial charge in [-0.1, -0.05) is 23.2 Å². The van der Waals surface area contributed by atoms with E-state index >= 15 is 0 Å². The van der Waals surface area contributed by atoms with E-state index in [4.69, 9.17) is 27.9 Å². The van der Waals surface area contributed by atoms with Crippen molar-refractivity contribution < 1.29 is 4.74 Å². The first-order valence-electron chi connectivity index (χ1n) is 4.29. The molecule has 16 heavy (non-hydrogen) atoms. The largest absolute Gasteiger partial charge is 0.495 e. The van der Waals surface area contributed by atoms with Gasteiger partial charge in [-0.2, -0.15) is 10.2 Å². The Morgan fingerprint density at radius 3 is 2.50 bits per heavy atom. The number of aromatic nitrogens is 2. The van der Waals surface area contributed by atoms with Crippen LogP contribution in [0, 0.1) is 6.92 Å². The van der Waals surface area contributed by atoms with Gasteiger partial charge < -0.3 is 4.74 Å². The van der Waals surface area contributed by atoms with Gasteiger partial charge in [-0.3, -0.25) is 0 Å². The van der Waals surface area contributed by atoms with Crippen molar-refractivity contribution in [2.24, 2.45) is 0 Å². The lowest BCUT2D eigenvalue weighted by molar-refractivity contribution is 0.415. The Morgan fingerprint density at radius 1 is 1.19 bits per heavy atom. The van der Waals surface area contributed by atoms with E-state index < -0.39 is 0 Å². The van der Waals surface area contributed by atoms with Crippen LogP contribution >= 0.6 is 35.6 Å². The molecule has 3 nitrogen and oxygen atoms in total. The minimum absolute atomic E-state index is 0. The summed E-state index contributed by atoms with van der Waals surface area (Å²) in [4.78, 5) is 0. The van der Waals surface area contributed by atoms with Crippen LogP contribution in [0.2, 0.25) is 10.0 Å². The highest BCUT2D eigenvalue weighted by Gasteiger charge is 2.09. The van der Waals surface area contributed by atoms with Crippen LogP contribution in [0.3, 0.4) is 0 Å².